The van der Waals surface area contributed by atoms with Gasteiger partial charge < -0.3 is 14.4 Å². The molecular weight excluding hydrogens is 318 g/mol. The SMILES string of the molecule is Cc1oc(CN(C)C(=O)CC2CCCc3ccccc32)cc1C(=O)O. The van der Waals surface area contributed by atoms with Crippen LogP contribution in [-0.2, 0) is 17.8 Å². The van der Waals surface area contributed by atoms with Crippen LogP contribution in [-0.4, -0.2) is 28.9 Å². The maximum atomic E-state index is 12.6. The Hall–Kier alpha value is -2.56. The number of aromatic carboxylic acids is 1. The highest BCUT2D eigenvalue weighted by atomic mass is 16.4. The van der Waals surface area contributed by atoms with Crippen LogP contribution in [0.1, 0.15) is 58.2 Å². The number of carbonyl (C=O) groups excluding carboxylic acids is 1. The molecule has 1 aromatic heterocycles. The van der Waals surface area contributed by atoms with Crippen LogP contribution in [0.5, 0.6) is 0 Å². The Bertz CT molecular complexity index is 793. The molecule has 1 atom stereocenters. The van der Waals surface area contributed by atoms with Crippen molar-refractivity contribution in [3.05, 3.63) is 58.5 Å². The van der Waals surface area contributed by atoms with Gasteiger partial charge in [0.05, 0.1) is 6.54 Å². The molecule has 1 aliphatic carbocycles. The average molecular weight is 341 g/mol. The number of rotatable bonds is 5. The first kappa shape index (κ1) is 17.3. The third kappa shape index (κ3) is 3.76. The van der Waals surface area contributed by atoms with Gasteiger partial charge in [-0.15, -0.1) is 0 Å². The topological polar surface area (TPSA) is 70.8 Å². The highest BCUT2D eigenvalue weighted by Crippen LogP contribution is 2.34. The number of hydrogen-bond donors (Lipinski definition) is 1. The first-order valence-corrected chi connectivity index (χ1v) is 8.60. The van der Waals surface area contributed by atoms with E-state index in [1.807, 2.05) is 6.07 Å². The summed E-state index contributed by atoms with van der Waals surface area (Å²) < 4.78 is 5.47. The Morgan fingerprint density at radius 3 is 2.80 bits per heavy atom. The second-order valence-electron chi connectivity index (χ2n) is 6.73. The molecule has 0 saturated heterocycles. The molecule has 25 heavy (non-hydrogen) atoms. The molecular formula is C20H23NO4. The van der Waals surface area contributed by atoms with Crippen LogP contribution in [0.3, 0.4) is 0 Å². The van der Waals surface area contributed by atoms with Crippen LogP contribution in [0, 0.1) is 6.92 Å². The summed E-state index contributed by atoms with van der Waals surface area (Å²) in [6, 6.07) is 9.85. The van der Waals surface area contributed by atoms with E-state index in [4.69, 9.17) is 9.52 Å². The minimum absolute atomic E-state index is 0.0487. The first-order chi connectivity index (χ1) is 12.0. The van der Waals surface area contributed by atoms with Crippen LogP contribution in [0.15, 0.2) is 34.7 Å². The lowest BCUT2D eigenvalue weighted by molar-refractivity contribution is -0.131. The van der Waals surface area contributed by atoms with Crippen molar-refractivity contribution in [1.29, 1.82) is 0 Å². The van der Waals surface area contributed by atoms with Crippen molar-refractivity contribution in [2.24, 2.45) is 0 Å². The number of nitrogens with zero attached hydrogens (tertiary/aromatic N) is 1. The van der Waals surface area contributed by atoms with Crippen molar-refractivity contribution < 1.29 is 19.1 Å². The van der Waals surface area contributed by atoms with E-state index in [-0.39, 0.29) is 23.9 Å². The summed E-state index contributed by atoms with van der Waals surface area (Å²) in [5.41, 5.74) is 2.79. The molecule has 0 fully saturated rings. The second-order valence-corrected chi connectivity index (χ2v) is 6.73. The summed E-state index contributed by atoms with van der Waals surface area (Å²) in [6.07, 6.45) is 3.69. The first-order valence-electron chi connectivity index (χ1n) is 8.60. The van der Waals surface area contributed by atoms with Crippen molar-refractivity contribution in [1.82, 2.24) is 4.90 Å². The predicted molar refractivity (Wildman–Crippen MR) is 93.6 cm³/mol. The molecule has 5 nitrogen and oxygen atoms in total. The van der Waals surface area contributed by atoms with Crippen LogP contribution in [0.25, 0.3) is 0 Å². The van der Waals surface area contributed by atoms with Gasteiger partial charge in [0.25, 0.3) is 0 Å². The number of furan rings is 1. The standard InChI is InChI=1S/C20H23NO4/c1-13-18(20(23)24)11-16(25-13)12-21(2)19(22)10-15-8-5-7-14-6-3-4-9-17(14)15/h3-4,6,9,11,15H,5,7-8,10,12H2,1-2H3,(H,23,24). The maximum Gasteiger partial charge on any atom is 0.339 e. The smallest absolute Gasteiger partial charge is 0.339 e. The second kappa shape index (κ2) is 7.13. The van der Waals surface area contributed by atoms with E-state index in [0.717, 1.165) is 19.3 Å². The number of carbonyl (C=O) groups is 2. The molecule has 0 spiro atoms. The Morgan fingerprint density at radius 1 is 1.32 bits per heavy atom. The molecule has 1 unspecified atom stereocenters. The zero-order valence-electron chi connectivity index (χ0n) is 14.6. The van der Waals surface area contributed by atoms with Crippen molar-refractivity contribution in [2.45, 2.75) is 45.1 Å². The number of hydrogen-bond acceptors (Lipinski definition) is 3. The van der Waals surface area contributed by atoms with E-state index in [0.29, 0.717) is 17.9 Å². The quantitative estimate of drug-likeness (QED) is 0.899. The van der Waals surface area contributed by atoms with Gasteiger partial charge in [0.15, 0.2) is 0 Å². The highest BCUT2D eigenvalue weighted by molar-refractivity contribution is 5.88. The fourth-order valence-corrected chi connectivity index (χ4v) is 3.59. The van der Waals surface area contributed by atoms with Crippen molar-refractivity contribution in [3.63, 3.8) is 0 Å². The highest BCUT2D eigenvalue weighted by Gasteiger charge is 2.24. The number of fused-ring (bicyclic) bond motifs is 1. The molecule has 0 saturated carbocycles. The van der Waals surface area contributed by atoms with Gasteiger partial charge >= 0.3 is 5.97 Å². The minimum atomic E-state index is -1.01. The van der Waals surface area contributed by atoms with E-state index in [1.165, 1.54) is 17.2 Å². The Kier molecular flexibility index (Phi) is 4.93. The maximum absolute atomic E-state index is 12.6. The Labute approximate surface area is 147 Å². The van der Waals surface area contributed by atoms with Gasteiger partial charge in [-0.1, -0.05) is 24.3 Å². The third-order valence-electron chi connectivity index (χ3n) is 4.93. The molecule has 0 bridgehead atoms. The molecule has 0 aliphatic heterocycles. The summed E-state index contributed by atoms with van der Waals surface area (Å²) in [5, 5.41) is 9.09. The molecule has 5 heteroatoms. The molecule has 132 valence electrons. The normalized spacial score (nSPS) is 16.3. The van der Waals surface area contributed by atoms with Crippen molar-refractivity contribution in [3.8, 4) is 0 Å². The monoisotopic (exact) mass is 341 g/mol. The van der Waals surface area contributed by atoms with Gasteiger partial charge in [0.2, 0.25) is 5.91 Å². The molecule has 1 N–H and O–H groups in total. The lowest BCUT2D eigenvalue weighted by Gasteiger charge is -2.26. The van der Waals surface area contributed by atoms with Crippen LogP contribution in [0.2, 0.25) is 0 Å². The molecule has 1 aromatic carbocycles. The number of benzene rings is 1. The van der Waals surface area contributed by atoms with E-state index < -0.39 is 5.97 Å². The fraction of sp³-hybridized carbons (Fsp3) is 0.400. The lowest BCUT2D eigenvalue weighted by Crippen LogP contribution is -2.28. The lowest BCUT2D eigenvalue weighted by atomic mass is 9.81. The summed E-state index contributed by atoms with van der Waals surface area (Å²) in [4.78, 5) is 25.3. The van der Waals surface area contributed by atoms with Crippen LogP contribution < -0.4 is 0 Å². The van der Waals surface area contributed by atoms with E-state index in [1.54, 1.807) is 18.9 Å². The molecule has 3 rings (SSSR count). The van der Waals surface area contributed by atoms with Crippen molar-refractivity contribution >= 4 is 11.9 Å². The summed E-state index contributed by atoms with van der Waals surface area (Å²) >= 11 is 0. The van der Waals surface area contributed by atoms with Gasteiger partial charge in [0.1, 0.15) is 17.1 Å². The largest absolute Gasteiger partial charge is 0.478 e. The molecule has 1 aliphatic rings. The van der Waals surface area contributed by atoms with Crippen molar-refractivity contribution in [2.75, 3.05) is 7.05 Å². The van der Waals surface area contributed by atoms with Gasteiger partial charge in [-0.05, 0) is 49.3 Å². The van der Waals surface area contributed by atoms with E-state index in [9.17, 15) is 9.59 Å². The fourth-order valence-electron chi connectivity index (χ4n) is 3.59. The number of carboxylic acids is 1. The zero-order valence-corrected chi connectivity index (χ0v) is 14.6. The third-order valence-corrected chi connectivity index (χ3v) is 4.93. The van der Waals surface area contributed by atoms with E-state index >= 15 is 0 Å². The molecule has 0 radical (unpaired) electrons. The minimum Gasteiger partial charge on any atom is -0.478 e. The molecule has 1 heterocycles. The molecule has 1 amide bonds. The van der Waals surface area contributed by atoms with Crippen LogP contribution >= 0.6 is 0 Å². The summed E-state index contributed by atoms with van der Waals surface area (Å²) in [7, 11) is 1.73. The van der Waals surface area contributed by atoms with Gasteiger partial charge in [0, 0.05) is 13.5 Å². The Morgan fingerprint density at radius 2 is 2.08 bits per heavy atom. The van der Waals surface area contributed by atoms with Gasteiger partial charge in [-0.25, -0.2) is 4.79 Å². The summed E-state index contributed by atoms with van der Waals surface area (Å²) in [6.45, 7) is 1.90. The number of carboxylic acid groups (broad SMARTS) is 1. The zero-order chi connectivity index (χ0) is 18.0. The van der Waals surface area contributed by atoms with Crippen LogP contribution in [0.4, 0.5) is 0 Å². The van der Waals surface area contributed by atoms with Gasteiger partial charge in [-0.2, -0.15) is 0 Å². The van der Waals surface area contributed by atoms with Gasteiger partial charge in [-0.3, -0.25) is 4.79 Å². The number of aryl methyl sites for hydroxylation is 2. The predicted octanol–water partition coefficient (Wildman–Crippen LogP) is 3.75. The van der Waals surface area contributed by atoms with E-state index in [2.05, 4.69) is 18.2 Å². The Balaban J connectivity index is 1.66. The average Bonchev–Trinajstić information content (AvgIpc) is 2.95. The summed E-state index contributed by atoms with van der Waals surface area (Å²) in [5.74, 6) is 0.153. The number of amides is 1. The molecule has 2 aromatic rings.